The van der Waals surface area contributed by atoms with E-state index in [-0.39, 0.29) is 23.3 Å². The number of carbonyl (C=O) groups excluding carboxylic acids is 2. The lowest BCUT2D eigenvalue weighted by Crippen LogP contribution is -2.57. The molecule has 0 bridgehead atoms. The quantitative estimate of drug-likeness (QED) is 0.840. The summed E-state index contributed by atoms with van der Waals surface area (Å²) in [5.41, 5.74) is 0.0957. The van der Waals surface area contributed by atoms with Crippen LogP contribution in [0.2, 0.25) is 0 Å². The summed E-state index contributed by atoms with van der Waals surface area (Å²) in [6, 6.07) is 0. The number of rotatable bonds is 6. The fourth-order valence-corrected chi connectivity index (χ4v) is 3.15. The van der Waals surface area contributed by atoms with Crippen LogP contribution in [-0.4, -0.2) is 59.0 Å². The molecule has 2 fully saturated rings. The van der Waals surface area contributed by atoms with Crippen LogP contribution < -0.4 is 5.32 Å². The fraction of sp³-hybridized carbons (Fsp3) is 0.647. The first-order chi connectivity index (χ1) is 11.6. The maximum absolute atomic E-state index is 12.5. The first kappa shape index (κ1) is 16.8. The normalized spacial score (nSPS) is 19.8. The molecule has 24 heavy (non-hydrogen) atoms. The number of hydrogen-bond acceptors (Lipinski definition) is 5. The Balaban J connectivity index is 1.62. The average Bonchev–Trinajstić information content (AvgIpc) is 3.46. The number of amides is 2. The van der Waals surface area contributed by atoms with Gasteiger partial charge in [-0.3, -0.25) is 14.6 Å². The highest BCUT2D eigenvalue weighted by atomic mass is 16.5. The van der Waals surface area contributed by atoms with Crippen LogP contribution in [0.4, 0.5) is 0 Å². The number of carbonyl (C=O) groups is 2. The van der Waals surface area contributed by atoms with Crippen molar-refractivity contribution in [3.63, 3.8) is 0 Å². The van der Waals surface area contributed by atoms with Crippen LogP contribution in [0.15, 0.2) is 18.6 Å². The van der Waals surface area contributed by atoms with Gasteiger partial charge in [-0.15, -0.1) is 0 Å². The second-order valence-electron chi connectivity index (χ2n) is 6.67. The molecular formula is C17H24N4O3. The van der Waals surface area contributed by atoms with E-state index in [0.29, 0.717) is 25.4 Å². The molecule has 1 aromatic rings. The number of nitrogens with zero attached hydrogens (tertiary/aromatic N) is 3. The fourth-order valence-electron chi connectivity index (χ4n) is 3.15. The number of likely N-dealkylation sites (tertiary alicyclic amines) is 1. The van der Waals surface area contributed by atoms with Crippen molar-refractivity contribution < 1.29 is 14.3 Å². The summed E-state index contributed by atoms with van der Waals surface area (Å²) in [4.78, 5) is 34.5. The van der Waals surface area contributed by atoms with Crippen molar-refractivity contribution in [1.29, 1.82) is 0 Å². The Bertz CT molecular complexity index is 581. The lowest BCUT2D eigenvalue weighted by molar-refractivity contribution is -0.125. The third-order valence-corrected chi connectivity index (χ3v) is 4.91. The second kappa shape index (κ2) is 7.25. The molecule has 130 valence electrons. The lowest BCUT2D eigenvalue weighted by atomic mass is 9.84. The Morgan fingerprint density at radius 2 is 2.08 bits per heavy atom. The predicted molar refractivity (Wildman–Crippen MR) is 87.3 cm³/mol. The molecule has 2 amide bonds. The molecule has 1 aliphatic carbocycles. The van der Waals surface area contributed by atoms with Gasteiger partial charge in [-0.25, -0.2) is 4.98 Å². The molecule has 0 spiro atoms. The van der Waals surface area contributed by atoms with E-state index in [4.69, 9.17) is 4.74 Å². The Labute approximate surface area is 141 Å². The molecular weight excluding hydrogens is 308 g/mol. The van der Waals surface area contributed by atoms with Gasteiger partial charge in [-0.2, -0.15) is 0 Å². The number of nitrogens with one attached hydrogen (secondary N) is 1. The first-order valence-corrected chi connectivity index (χ1v) is 8.50. The molecule has 1 aromatic heterocycles. The molecule has 0 atom stereocenters. The average molecular weight is 332 g/mol. The van der Waals surface area contributed by atoms with Gasteiger partial charge in [-0.05, 0) is 32.1 Å². The molecule has 1 saturated heterocycles. The molecule has 0 aromatic carbocycles. The van der Waals surface area contributed by atoms with E-state index < -0.39 is 0 Å². The summed E-state index contributed by atoms with van der Waals surface area (Å²) in [5, 5.41) is 3.24. The van der Waals surface area contributed by atoms with Crippen molar-refractivity contribution >= 4 is 11.8 Å². The molecule has 7 nitrogen and oxygen atoms in total. The third-order valence-electron chi connectivity index (χ3n) is 4.91. The summed E-state index contributed by atoms with van der Waals surface area (Å²) >= 11 is 0. The van der Waals surface area contributed by atoms with Gasteiger partial charge in [0.15, 0.2) is 0 Å². The monoisotopic (exact) mass is 332 g/mol. The molecule has 1 aliphatic heterocycles. The van der Waals surface area contributed by atoms with Crippen molar-refractivity contribution in [1.82, 2.24) is 20.2 Å². The third kappa shape index (κ3) is 3.90. The van der Waals surface area contributed by atoms with Crippen LogP contribution in [-0.2, 0) is 9.53 Å². The van der Waals surface area contributed by atoms with Gasteiger partial charge in [-0.1, -0.05) is 0 Å². The molecule has 1 N–H and O–H groups in total. The van der Waals surface area contributed by atoms with Crippen LogP contribution in [0, 0.1) is 5.92 Å². The van der Waals surface area contributed by atoms with Crippen molar-refractivity contribution in [3.05, 3.63) is 24.3 Å². The van der Waals surface area contributed by atoms with E-state index in [1.54, 1.807) is 18.2 Å². The summed E-state index contributed by atoms with van der Waals surface area (Å²) in [6.07, 6.45) is 8.79. The van der Waals surface area contributed by atoms with Gasteiger partial charge in [0.1, 0.15) is 5.69 Å². The van der Waals surface area contributed by atoms with E-state index in [2.05, 4.69) is 15.3 Å². The van der Waals surface area contributed by atoms with Crippen LogP contribution in [0.3, 0.4) is 0 Å². The summed E-state index contributed by atoms with van der Waals surface area (Å²) in [6.45, 7) is 1.80. The van der Waals surface area contributed by atoms with Gasteiger partial charge < -0.3 is 15.0 Å². The van der Waals surface area contributed by atoms with Crippen molar-refractivity contribution in [3.8, 4) is 0 Å². The van der Waals surface area contributed by atoms with Gasteiger partial charge >= 0.3 is 0 Å². The van der Waals surface area contributed by atoms with E-state index in [1.165, 1.54) is 12.4 Å². The van der Waals surface area contributed by atoms with E-state index in [9.17, 15) is 9.59 Å². The maximum atomic E-state index is 12.5. The highest BCUT2D eigenvalue weighted by molar-refractivity contribution is 5.92. The van der Waals surface area contributed by atoms with Gasteiger partial charge in [0, 0.05) is 50.7 Å². The maximum Gasteiger partial charge on any atom is 0.274 e. The Morgan fingerprint density at radius 1 is 1.33 bits per heavy atom. The molecule has 3 rings (SSSR count). The Kier molecular flexibility index (Phi) is 5.08. The minimum absolute atomic E-state index is 0.100. The zero-order valence-corrected chi connectivity index (χ0v) is 14.0. The van der Waals surface area contributed by atoms with Gasteiger partial charge in [0.05, 0.1) is 6.20 Å². The number of piperidine rings is 1. The largest absolute Gasteiger partial charge is 0.385 e. The summed E-state index contributed by atoms with van der Waals surface area (Å²) < 4.78 is 5.22. The number of hydrogen-bond donors (Lipinski definition) is 1. The first-order valence-electron chi connectivity index (χ1n) is 8.50. The van der Waals surface area contributed by atoms with E-state index >= 15 is 0 Å². The summed E-state index contributed by atoms with van der Waals surface area (Å²) in [5.74, 6) is 0.237. The Morgan fingerprint density at radius 3 is 2.67 bits per heavy atom. The molecule has 2 heterocycles. The number of methoxy groups -OCH3 is 1. The zero-order chi connectivity index (χ0) is 17.0. The van der Waals surface area contributed by atoms with Crippen molar-refractivity contribution in [2.45, 2.75) is 37.6 Å². The van der Waals surface area contributed by atoms with Crippen LogP contribution in [0.5, 0.6) is 0 Å². The molecule has 2 aliphatic rings. The summed E-state index contributed by atoms with van der Waals surface area (Å²) in [7, 11) is 1.67. The minimum atomic E-state index is -0.269. The topological polar surface area (TPSA) is 84.4 Å². The van der Waals surface area contributed by atoms with Crippen LogP contribution >= 0.6 is 0 Å². The Hall–Kier alpha value is -2.02. The van der Waals surface area contributed by atoms with Gasteiger partial charge in [0.2, 0.25) is 5.91 Å². The molecule has 0 radical (unpaired) electrons. The molecule has 7 heteroatoms. The highest BCUT2D eigenvalue weighted by Gasteiger charge is 2.40. The second-order valence-corrected chi connectivity index (χ2v) is 6.67. The number of ether oxygens (including phenoxy) is 1. The lowest BCUT2D eigenvalue weighted by Gasteiger charge is -2.42. The van der Waals surface area contributed by atoms with Gasteiger partial charge in [0.25, 0.3) is 5.91 Å². The van der Waals surface area contributed by atoms with Crippen LogP contribution in [0.1, 0.15) is 42.6 Å². The number of aromatic nitrogens is 2. The van der Waals surface area contributed by atoms with Crippen molar-refractivity contribution in [2.75, 3.05) is 26.8 Å². The zero-order valence-electron chi connectivity index (χ0n) is 14.0. The standard InChI is InChI=1S/C17H24N4O3/c1-24-11-6-17(20-15(22)13-2-3-13)4-9-21(10-5-17)16(23)14-12-18-7-8-19-14/h7-8,12-13H,2-6,9-11H2,1H3,(H,20,22). The van der Waals surface area contributed by atoms with E-state index in [0.717, 1.165) is 32.1 Å². The minimum Gasteiger partial charge on any atom is -0.385 e. The SMILES string of the molecule is COCCC1(NC(=O)C2CC2)CCN(C(=O)c2cnccn2)CC1. The smallest absolute Gasteiger partial charge is 0.274 e. The highest BCUT2D eigenvalue weighted by Crippen LogP contribution is 2.32. The molecule has 0 unspecified atom stereocenters. The van der Waals surface area contributed by atoms with Crippen molar-refractivity contribution in [2.24, 2.45) is 5.92 Å². The predicted octanol–water partition coefficient (Wildman–Crippen LogP) is 1.01. The van der Waals surface area contributed by atoms with Crippen LogP contribution in [0.25, 0.3) is 0 Å². The van der Waals surface area contributed by atoms with E-state index in [1.807, 2.05) is 0 Å². The molecule has 1 saturated carbocycles.